The highest BCUT2D eigenvalue weighted by atomic mass is 79.9. The normalized spacial score (nSPS) is 10.6. The molecule has 0 N–H and O–H groups in total. The minimum absolute atomic E-state index is 0.315. The summed E-state index contributed by atoms with van der Waals surface area (Å²) in [6, 6.07) is 15.1. The van der Waals surface area contributed by atoms with Crippen molar-refractivity contribution in [3.63, 3.8) is 0 Å². The number of fused-ring (bicyclic) bond motifs is 1. The Kier molecular flexibility index (Phi) is 3.36. The maximum Gasteiger partial charge on any atom is 0.353 e. The van der Waals surface area contributed by atoms with Crippen molar-refractivity contribution >= 4 is 44.0 Å². The van der Waals surface area contributed by atoms with E-state index < -0.39 is 0 Å². The standard InChI is InChI=1S/C15H9BrO2S/c16-13-4-1-3-10-9-11(6-7-12(10)13)18-15(17)14-5-2-8-19-14/h1-9H. The van der Waals surface area contributed by atoms with Crippen LogP contribution in [0.15, 0.2) is 58.4 Å². The summed E-state index contributed by atoms with van der Waals surface area (Å²) in [5.41, 5.74) is 0. The molecule has 3 rings (SSSR count). The van der Waals surface area contributed by atoms with Crippen LogP contribution in [0.4, 0.5) is 0 Å². The Morgan fingerprint density at radius 3 is 2.79 bits per heavy atom. The van der Waals surface area contributed by atoms with Gasteiger partial charge in [0.25, 0.3) is 0 Å². The van der Waals surface area contributed by atoms with Gasteiger partial charge in [-0.3, -0.25) is 0 Å². The molecule has 0 spiro atoms. The number of ether oxygens (including phenoxy) is 1. The van der Waals surface area contributed by atoms with Gasteiger partial charge in [-0.05, 0) is 46.5 Å². The molecule has 19 heavy (non-hydrogen) atoms. The largest absolute Gasteiger partial charge is 0.422 e. The predicted molar refractivity (Wildman–Crippen MR) is 80.9 cm³/mol. The number of hydrogen-bond acceptors (Lipinski definition) is 3. The number of hydrogen-bond donors (Lipinski definition) is 0. The first-order valence-corrected chi connectivity index (χ1v) is 7.35. The van der Waals surface area contributed by atoms with Crippen molar-refractivity contribution in [1.29, 1.82) is 0 Å². The molecule has 0 aliphatic rings. The molecule has 0 radical (unpaired) electrons. The van der Waals surface area contributed by atoms with E-state index in [1.165, 1.54) is 11.3 Å². The molecule has 0 unspecified atom stereocenters. The van der Waals surface area contributed by atoms with Crippen molar-refractivity contribution < 1.29 is 9.53 Å². The molecule has 0 amide bonds. The lowest BCUT2D eigenvalue weighted by Gasteiger charge is -2.05. The van der Waals surface area contributed by atoms with Crippen molar-refractivity contribution in [3.8, 4) is 5.75 Å². The smallest absolute Gasteiger partial charge is 0.353 e. The van der Waals surface area contributed by atoms with Crippen LogP contribution in [0.25, 0.3) is 10.8 Å². The van der Waals surface area contributed by atoms with Crippen LogP contribution < -0.4 is 4.74 Å². The molecule has 0 aliphatic heterocycles. The van der Waals surface area contributed by atoms with E-state index in [1.54, 1.807) is 12.1 Å². The van der Waals surface area contributed by atoms with Crippen molar-refractivity contribution in [2.75, 3.05) is 0 Å². The Labute approximate surface area is 122 Å². The molecule has 3 aromatic rings. The molecule has 1 aromatic heterocycles. The zero-order valence-electron chi connectivity index (χ0n) is 9.80. The van der Waals surface area contributed by atoms with Crippen LogP contribution in [0.2, 0.25) is 0 Å². The van der Waals surface area contributed by atoms with Crippen molar-refractivity contribution in [2.24, 2.45) is 0 Å². The van der Waals surface area contributed by atoms with E-state index >= 15 is 0 Å². The number of esters is 1. The average molecular weight is 333 g/mol. The molecule has 0 bridgehead atoms. The Hall–Kier alpha value is -1.65. The third kappa shape index (κ3) is 2.55. The van der Waals surface area contributed by atoms with Gasteiger partial charge >= 0.3 is 5.97 Å². The predicted octanol–water partition coefficient (Wildman–Crippen LogP) is 4.88. The Morgan fingerprint density at radius 2 is 2.00 bits per heavy atom. The molecule has 0 saturated carbocycles. The van der Waals surface area contributed by atoms with Gasteiger partial charge in [0.15, 0.2) is 0 Å². The van der Waals surface area contributed by atoms with Crippen molar-refractivity contribution in [3.05, 3.63) is 63.3 Å². The first-order valence-electron chi connectivity index (χ1n) is 5.68. The second-order valence-corrected chi connectivity index (χ2v) is 5.79. The fourth-order valence-corrected chi connectivity index (χ4v) is 2.95. The van der Waals surface area contributed by atoms with Crippen LogP contribution in [0.3, 0.4) is 0 Å². The van der Waals surface area contributed by atoms with E-state index in [0.29, 0.717) is 10.6 Å². The molecule has 1 heterocycles. The molecule has 4 heteroatoms. The van der Waals surface area contributed by atoms with E-state index in [2.05, 4.69) is 15.9 Å². The summed E-state index contributed by atoms with van der Waals surface area (Å²) in [5.74, 6) is 0.244. The van der Waals surface area contributed by atoms with Gasteiger partial charge < -0.3 is 4.74 Å². The van der Waals surface area contributed by atoms with E-state index in [0.717, 1.165) is 15.2 Å². The number of benzene rings is 2. The summed E-state index contributed by atoms with van der Waals surface area (Å²) in [5, 5.41) is 3.98. The first kappa shape index (κ1) is 12.4. The molecule has 0 saturated heterocycles. The number of rotatable bonds is 2. The Bertz CT molecular complexity index is 735. The topological polar surface area (TPSA) is 26.3 Å². The van der Waals surface area contributed by atoms with Crippen molar-refractivity contribution in [2.45, 2.75) is 0 Å². The van der Waals surface area contributed by atoms with Gasteiger partial charge in [-0.1, -0.05) is 34.1 Å². The van der Waals surface area contributed by atoms with Crippen LogP contribution in [0.5, 0.6) is 5.75 Å². The van der Waals surface area contributed by atoms with E-state index in [9.17, 15) is 4.79 Å². The second kappa shape index (κ2) is 5.15. The lowest BCUT2D eigenvalue weighted by Crippen LogP contribution is -2.06. The van der Waals surface area contributed by atoms with Gasteiger partial charge in [-0.2, -0.15) is 0 Å². The minimum Gasteiger partial charge on any atom is -0.422 e. The third-order valence-electron chi connectivity index (χ3n) is 2.73. The summed E-state index contributed by atoms with van der Waals surface area (Å²) in [6.07, 6.45) is 0. The number of halogens is 1. The van der Waals surface area contributed by atoms with E-state index in [4.69, 9.17) is 4.74 Å². The summed E-state index contributed by atoms with van der Waals surface area (Å²) in [4.78, 5) is 12.5. The zero-order chi connectivity index (χ0) is 13.2. The lowest BCUT2D eigenvalue weighted by atomic mass is 10.1. The monoisotopic (exact) mass is 332 g/mol. The van der Waals surface area contributed by atoms with Gasteiger partial charge in [0.05, 0.1) is 0 Å². The van der Waals surface area contributed by atoms with Gasteiger partial charge in [0.2, 0.25) is 0 Å². The maximum atomic E-state index is 11.9. The second-order valence-electron chi connectivity index (χ2n) is 3.99. The summed E-state index contributed by atoms with van der Waals surface area (Å²) < 4.78 is 6.39. The fraction of sp³-hybridized carbons (Fsp3) is 0. The molecular formula is C15H9BrO2S. The lowest BCUT2D eigenvalue weighted by molar-refractivity contribution is 0.0740. The Morgan fingerprint density at radius 1 is 1.11 bits per heavy atom. The van der Waals surface area contributed by atoms with Crippen molar-refractivity contribution in [1.82, 2.24) is 0 Å². The van der Waals surface area contributed by atoms with Gasteiger partial charge in [0, 0.05) is 4.47 Å². The van der Waals surface area contributed by atoms with E-state index in [1.807, 2.05) is 41.8 Å². The summed E-state index contributed by atoms with van der Waals surface area (Å²) in [6.45, 7) is 0. The average Bonchev–Trinajstić information content (AvgIpc) is 2.93. The molecule has 94 valence electrons. The van der Waals surface area contributed by atoms with Crippen LogP contribution in [-0.2, 0) is 0 Å². The molecule has 0 aliphatic carbocycles. The molecular weight excluding hydrogens is 324 g/mol. The molecule has 0 fully saturated rings. The third-order valence-corrected chi connectivity index (χ3v) is 4.27. The highest BCUT2D eigenvalue weighted by Gasteiger charge is 2.09. The maximum absolute atomic E-state index is 11.9. The minimum atomic E-state index is -0.315. The van der Waals surface area contributed by atoms with Crippen LogP contribution >= 0.6 is 27.3 Å². The SMILES string of the molecule is O=C(Oc1ccc2c(Br)cccc2c1)c1cccs1. The molecule has 0 atom stereocenters. The zero-order valence-corrected chi connectivity index (χ0v) is 12.2. The quantitative estimate of drug-likeness (QED) is 0.493. The number of thiophene rings is 1. The highest BCUT2D eigenvalue weighted by molar-refractivity contribution is 9.10. The molecule has 2 nitrogen and oxygen atoms in total. The van der Waals surface area contributed by atoms with Crippen LogP contribution in [0.1, 0.15) is 9.67 Å². The fourth-order valence-electron chi connectivity index (χ4n) is 1.84. The van der Waals surface area contributed by atoms with E-state index in [-0.39, 0.29) is 5.97 Å². The van der Waals surface area contributed by atoms with Gasteiger partial charge in [-0.15, -0.1) is 11.3 Å². The van der Waals surface area contributed by atoms with Gasteiger partial charge in [0.1, 0.15) is 10.6 Å². The molecule has 2 aromatic carbocycles. The van der Waals surface area contributed by atoms with Gasteiger partial charge in [-0.25, -0.2) is 4.79 Å². The highest BCUT2D eigenvalue weighted by Crippen LogP contribution is 2.27. The first-order chi connectivity index (χ1) is 9.24. The Balaban J connectivity index is 1.92. The summed E-state index contributed by atoms with van der Waals surface area (Å²) in [7, 11) is 0. The number of carbonyl (C=O) groups excluding carboxylic acids is 1. The van der Waals surface area contributed by atoms with Crippen LogP contribution in [-0.4, -0.2) is 5.97 Å². The number of carbonyl (C=O) groups is 1. The van der Waals surface area contributed by atoms with Crippen LogP contribution in [0, 0.1) is 0 Å². The summed E-state index contributed by atoms with van der Waals surface area (Å²) >= 11 is 4.87.